The molecule has 1 saturated heterocycles. The Hall–Kier alpha value is -1.39. The van der Waals surface area contributed by atoms with Crippen molar-refractivity contribution in [1.82, 2.24) is 0 Å². The summed E-state index contributed by atoms with van der Waals surface area (Å²) in [4.78, 5) is 14.4. The molecule has 2 atom stereocenters. The van der Waals surface area contributed by atoms with Crippen LogP contribution in [0.25, 0.3) is 0 Å². The van der Waals surface area contributed by atoms with E-state index in [0.717, 1.165) is 12.1 Å². The maximum Gasteiger partial charge on any atom is 0.256 e. The predicted octanol–water partition coefficient (Wildman–Crippen LogP) is 2.23. The molecule has 0 N–H and O–H groups in total. The molecule has 0 aliphatic carbocycles. The van der Waals surface area contributed by atoms with E-state index >= 15 is 0 Å². The van der Waals surface area contributed by atoms with Gasteiger partial charge in [-0.3, -0.25) is 4.79 Å². The maximum atomic E-state index is 12.6. The number of nitrogens with zero attached hydrogens (tertiary/aromatic N) is 1. The molecule has 104 valence electrons. The highest BCUT2D eigenvalue weighted by atomic mass is 16.5. The van der Waals surface area contributed by atoms with Crippen molar-refractivity contribution in [3.8, 4) is 0 Å². The van der Waals surface area contributed by atoms with Gasteiger partial charge in [0.25, 0.3) is 5.91 Å². The molecule has 4 nitrogen and oxygen atoms in total. The monoisotopic (exact) mass is 263 g/mol. The van der Waals surface area contributed by atoms with Gasteiger partial charge in [-0.05, 0) is 32.4 Å². The van der Waals surface area contributed by atoms with Crippen LogP contribution in [0.5, 0.6) is 0 Å². The molecular weight excluding hydrogens is 242 g/mol. The Labute approximate surface area is 114 Å². The zero-order chi connectivity index (χ0) is 13.7. The van der Waals surface area contributed by atoms with E-state index in [1.165, 1.54) is 0 Å². The summed E-state index contributed by atoms with van der Waals surface area (Å²) in [6, 6.07) is 9.85. The number of hydrogen-bond acceptors (Lipinski definition) is 3. The number of benzene rings is 1. The molecule has 1 fully saturated rings. The molecular formula is C15H21NO3. The van der Waals surface area contributed by atoms with Crippen LogP contribution in [0.2, 0.25) is 0 Å². The zero-order valence-electron chi connectivity index (χ0n) is 11.5. The minimum Gasteiger partial charge on any atom is -0.379 e. The molecule has 0 radical (unpaired) electrons. The van der Waals surface area contributed by atoms with Crippen molar-refractivity contribution in [2.45, 2.75) is 32.4 Å². The highest BCUT2D eigenvalue weighted by Crippen LogP contribution is 2.23. The maximum absolute atomic E-state index is 12.6. The minimum absolute atomic E-state index is 0.00329. The van der Waals surface area contributed by atoms with Gasteiger partial charge in [-0.15, -0.1) is 0 Å². The number of hydrogen-bond donors (Lipinski definition) is 0. The average molecular weight is 263 g/mol. The number of ether oxygens (including phenoxy) is 2. The molecule has 1 aliphatic rings. The lowest BCUT2D eigenvalue weighted by Gasteiger charge is -2.30. The summed E-state index contributed by atoms with van der Waals surface area (Å²) in [5, 5.41) is 0. The van der Waals surface area contributed by atoms with E-state index in [1.807, 2.05) is 42.2 Å². The fraction of sp³-hybridized carbons (Fsp3) is 0.533. The van der Waals surface area contributed by atoms with Crippen LogP contribution in [-0.4, -0.2) is 37.9 Å². The van der Waals surface area contributed by atoms with Crippen LogP contribution in [0.15, 0.2) is 30.3 Å². The number of rotatable bonds is 5. The van der Waals surface area contributed by atoms with E-state index in [-0.39, 0.29) is 11.9 Å². The van der Waals surface area contributed by atoms with Crippen molar-refractivity contribution >= 4 is 11.6 Å². The average Bonchev–Trinajstić information content (AvgIpc) is 2.94. The third-order valence-electron chi connectivity index (χ3n) is 3.31. The summed E-state index contributed by atoms with van der Waals surface area (Å²) in [6.07, 6.45) is 0.449. The first kappa shape index (κ1) is 14.0. The number of amides is 1. The van der Waals surface area contributed by atoms with Crippen LogP contribution >= 0.6 is 0 Å². The van der Waals surface area contributed by atoms with E-state index in [2.05, 4.69) is 0 Å². The molecule has 1 amide bonds. The van der Waals surface area contributed by atoms with Crippen molar-refractivity contribution in [2.75, 3.05) is 24.7 Å². The van der Waals surface area contributed by atoms with Gasteiger partial charge in [0.15, 0.2) is 0 Å². The Morgan fingerprint density at radius 2 is 2.21 bits per heavy atom. The van der Waals surface area contributed by atoms with E-state index in [9.17, 15) is 4.79 Å². The van der Waals surface area contributed by atoms with E-state index in [0.29, 0.717) is 19.8 Å². The Morgan fingerprint density at radius 3 is 2.79 bits per heavy atom. The fourth-order valence-electron chi connectivity index (χ4n) is 2.35. The second-order valence-electron chi connectivity index (χ2n) is 4.66. The van der Waals surface area contributed by atoms with Crippen LogP contribution < -0.4 is 4.90 Å². The summed E-state index contributed by atoms with van der Waals surface area (Å²) in [5.74, 6) is 0.00329. The summed E-state index contributed by atoms with van der Waals surface area (Å²) in [7, 11) is 0. The third kappa shape index (κ3) is 3.33. The Morgan fingerprint density at radius 1 is 1.47 bits per heavy atom. The van der Waals surface area contributed by atoms with Crippen LogP contribution in [0.1, 0.15) is 20.3 Å². The molecule has 1 heterocycles. The zero-order valence-corrected chi connectivity index (χ0v) is 11.5. The molecule has 0 saturated carbocycles. The Balaban J connectivity index is 2.21. The summed E-state index contributed by atoms with van der Waals surface area (Å²) in [5.41, 5.74) is 0.912. The second-order valence-corrected chi connectivity index (χ2v) is 4.66. The molecule has 0 bridgehead atoms. The molecule has 0 unspecified atom stereocenters. The normalized spacial score (nSPS) is 20.2. The lowest BCUT2D eigenvalue weighted by Crippen LogP contribution is -2.46. The van der Waals surface area contributed by atoms with Crippen molar-refractivity contribution in [2.24, 2.45) is 0 Å². The van der Waals surface area contributed by atoms with Crippen LogP contribution in [0.3, 0.4) is 0 Å². The van der Waals surface area contributed by atoms with E-state index in [4.69, 9.17) is 9.47 Å². The van der Waals surface area contributed by atoms with Crippen molar-refractivity contribution in [3.05, 3.63) is 30.3 Å². The van der Waals surface area contributed by atoms with Gasteiger partial charge in [0.05, 0.1) is 12.6 Å². The molecule has 2 rings (SSSR count). The molecule has 0 aromatic heterocycles. The van der Waals surface area contributed by atoms with Crippen molar-refractivity contribution in [3.63, 3.8) is 0 Å². The number of carbonyl (C=O) groups is 1. The van der Waals surface area contributed by atoms with Crippen LogP contribution in [0, 0.1) is 0 Å². The van der Waals surface area contributed by atoms with Gasteiger partial charge in [-0.1, -0.05) is 18.2 Å². The Kier molecular flexibility index (Phi) is 4.93. The number of carbonyl (C=O) groups excluding carboxylic acids is 1. The van der Waals surface area contributed by atoms with Crippen LogP contribution in [0.4, 0.5) is 5.69 Å². The van der Waals surface area contributed by atoms with Gasteiger partial charge in [0.1, 0.15) is 6.10 Å². The van der Waals surface area contributed by atoms with E-state index < -0.39 is 6.10 Å². The molecule has 1 aromatic carbocycles. The first-order valence-electron chi connectivity index (χ1n) is 6.81. The molecule has 19 heavy (non-hydrogen) atoms. The second kappa shape index (κ2) is 6.68. The van der Waals surface area contributed by atoms with Gasteiger partial charge < -0.3 is 14.4 Å². The molecule has 1 aliphatic heterocycles. The topological polar surface area (TPSA) is 38.8 Å². The lowest BCUT2D eigenvalue weighted by atomic mass is 10.1. The smallest absolute Gasteiger partial charge is 0.256 e. The number of para-hydroxylation sites is 1. The van der Waals surface area contributed by atoms with Crippen LogP contribution in [-0.2, 0) is 14.3 Å². The SMILES string of the molecule is CCO[C@@H](C)C(=O)N(c1ccccc1)[C@H]1CCOC1. The van der Waals surface area contributed by atoms with Gasteiger partial charge in [-0.25, -0.2) is 0 Å². The molecule has 0 spiro atoms. The first-order valence-corrected chi connectivity index (χ1v) is 6.81. The third-order valence-corrected chi connectivity index (χ3v) is 3.31. The number of anilines is 1. The summed E-state index contributed by atoms with van der Waals surface area (Å²) in [6.45, 7) is 5.55. The summed E-state index contributed by atoms with van der Waals surface area (Å²) < 4.78 is 10.8. The highest BCUT2D eigenvalue weighted by Gasteiger charge is 2.31. The fourth-order valence-corrected chi connectivity index (χ4v) is 2.35. The predicted molar refractivity (Wildman–Crippen MR) is 74.2 cm³/mol. The minimum atomic E-state index is -0.425. The van der Waals surface area contributed by atoms with Crippen molar-refractivity contribution in [1.29, 1.82) is 0 Å². The first-order chi connectivity index (χ1) is 9.24. The lowest BCUT2D eigenvalue weighted by molar-refractivity contribution is -0.129. The largest absolute Gasteiger partial charge is 0.379 e. The van der Waals surface area contributed by atoms with Gasteiger partial charge in [0.2, 0.25) is 0 Å². The standard InChI is InChI=1S/C15H21NO3/c1-3-19-12(2)15(17)16(14-9-10-18-11-14)13-7-5-4-6-8-13/h4-8,12,14H,3,9-11H2,1-2H3/t12-,14-/m0/s1. The molecule has 4 heteroatoms. The van der Waals surface area contributed by atoms with Gasteiger partial charge in [-0.2, -0.15) is 0 Å². The molecule has 1 aromatic rings. The summed E-state index contributed by atoms with van der Waals surface area (Å²) >= 11 is 0. The van der Waals surface area contributed by atoms with Gasteiger partial charge in [0, 0.05) is 18.9 Å². The van der Waals surface area contributed by atoms with Crippen molar-refractivity contribution < 1.29 is 14.3 Å². The quantitative estimate of drug-likeness (QED) is 0.817. The Bertz CT molecular complexity index is 401. The highest BCUT2D eigenvalue weighted by molar-refractivity contribution is 5.97. The van der Waals surface area contributed by atoms with Gasteiger partial charge >= 0.3 is 0 Å². The van der Waals surface area contributed by atoms with E-state index in [1.54, 1.807) is 6.92 Å².